The molecule has 0 bridgehead atoms. The molecule has 5 N–H and O–H groups in total. The fourth-order valence-electron chi connectivity index (χ4n) is 0.899. The van der Waals surface area contributed by atoms with Gasteiger partial charge >= 0.3 is 5.69 Å². The van der Waals surface area contributed by atoms with Crippen LogP contribution in [0.2, 0.25) is 0 Å². The molecule has 0 saturated carbocycles. The Morgan fingerprint density at radius 3 is 2.46 bits per heavy atom. The highest BCUT2D eigenvalue weighted by molar-refractivity contribution is 5.59. The number of aromatic nitrogens is 2. The van der Waals surface area contributed by atoms with Gasteiger partial charge in [-0.1, -0.05) is 0 Å². The van der Waals surface area contributed by atoms with E-state index in [1.165, 1.54) is 0 Å². The van der Waals surface area contributed by atoms with Gasteiger partial charge in [-0.2, -0.15) is 0 Å². The molecule has 0 saturated heterocycles. The summed E-state index contributed by atoms with van der Waals surface area (Å²) in [4.78, 5) is 26.3. The van der Waals surface area contributed by atoms with Gasteiger partial charge in [0.2, 0.25) is 0 Å². The summed E-state index contributed by atoms with van der Waals surface area (Å²) in [5.41, 5.74) is 4.27. The van der Waals surface area contributed by atoms with Crippen LogP contribution in [0.25, 0.3) is 0 Å². The molecule has 0 aliphatic heterocycles. The zero-order chi connectivity index (χ0) is 10.0. The number of hydrogen-bond acceptors (Lipinski definition) is 4. The minimum absolute atomic E-state index is 0.00620. The molecule has 0 fully saturated rings. The van der Waals surface area contributed by atoms with Crippen LogP contribution in [-0.2, 0) is 0 Å². The van der Waals surface area contributed by atoms with Crippen LogP contribution in [0, 0.1) is 0 Å². The summed E-state index contributed by atoms with van der Waals surface area (Å²) < 4.78 is 0. The average Bonchev–Trinajstić information content (AvgIpc) is 1.98. The van der Waals surface area contributed by atoms with Crippen LogP contribution in [0.5, 0.6) is 0 Å². The molecule has 1 aromatic rings. The number of nitrogens with two attached hydrogens (primary N) is 1. The minimum Gasteiger partial charge on any atom is -0.391 e. The lowest BCUT2D eigenvalue weighted by Crippen LogP contribution is -2.28. The van der Waals surface area contributed by atoms with Gasteiger partial charge in [0.25, 0.3) is 5.56 Å². The highest BCUT2D eigenvalue weighted by Crippen LogP contribution is 2.06. The molecule has 0 radical (unpaired) electrons. The summed E-state index contributed by atoms with van der Waals surface area (Å²) in [6.45, 7) is 3.75. The zero-order valence-corrected chi connectivity index (χ0v) is 7.47. The Kier molecular flexibility index (Phi) is 2.41. The predicted molar refractivity (Wildman–Crippen MR) is 50.9 cm³/mol. The van der Waals surface area contributed by atoms with E-state index in [4.69, 9.17) is 5.73 Å². The maximum atomic E-state index is 11.0. The number of hydrogen-bond donors (Lipinski definition) is 4. The van der Waals surface area contributed by atoms with E-state index >= 15 is 0 Å². The maximum Gasteiger partial charge on any atom is 0.327 e. The van der Waals surface area contributed by atoms with Gasteiger partial charge in [-0.25, -0.2) is 4.79 Å². The van der Waals surface area contributed by atoms with Crippen molar-refractivity contribution in [3.05, 3.63) is 20.8 Å². The van der Waals surface area contributed by atoms with Crippen LogP contribution in [0.4, 0.5) is 11.5 Å². The summed E-state index contributed by atoms with van der Waals surface area (Å²) in [6.07, 6.45) is 0. The van der Waals surface area contributed by atoms with E-state index in [0.29, 0.717) is 0 Å². The van der Waals surface area contributed by atoms with Crippen LogP contribution < -0.4 is 22.3 Å². The van der Waals surface area contributed by atoms with Crippen molar-refractivity contribution in [2.75, 3.05) is 11.1 Å². The predicted octanol–water partition coefficient (Wildman–Crippen LogP) is -0.534. The molecule has 0 atom stereocenters. The molecular formula is C7H12N4O2. The molecule has 0 unspecified atom stereocenters. The molecule has 1 rings (SSSR count). The Morgan fingerprint density at radius 2 is 1.92 bits per heavy atom. The molecular weight excluding hydrogens is 172 g/mol. The van der Waals surface area contributed by atoms with Crippen molar-refractivity contribution in [2.45, 2.75) is 19.9 Å². The third kappa shape index (κ3) is 2.11. The second-order valence-corrected chi connectivity index (χ2v) is 3.00. The number of H-pyrrole nitrogens is 2. The van der Waals surface area contributed by atoms with Gasteiger partial charge in [-0.3, -0.25) is 14.8 Å². The van der Waals surface area contributed by atoms with E-state index in [0.717, 1.165) is 0 Å². The third-order valence-electron chi connectivity index (χ3n) is 1.41. The largest absolute Gasteiger partial charge is 0.391 e. The number of nitrogens with one attached hydrogen (secondary N) is 3. The first-order valence-electron chi connectivity index (χ1n) is 3.89. The first-order valence-corrected chi connectivity index (χ1v) is 3.89. The molecule has 0 aliphatic rings. The Bertz CT molecular complexity index is 404. The fourth-order valence-corrected chi connectivity index (χ4v) is 0.899. The number of aromatic amines is 2. The van der Waals surface area contributed by atoms with Crippen LogP contribution in [0.15, 0.2) is 9.59 Å². The van der Waals surface area contributed by atoms with Crippen molar-refractivity contribution in [3.63, 3.8) is 0 Å². The van der Waals surface area contributed by atoms with E-state index in [1.807, 2.05) is 18.8 Å². The van der Waals surface area contributed by atoms with E-state index in [-0.39, 0.29) is 17.5 Å². The van der Waals surface area contributed by atoms with Gasteiger partial charge in [-0.15, -0.1) is 0 Å². The van der Waals surface area contributed by atoms with E-state index < -0.39 is 11.2 Å². The lowest BCUT2D eigenvalue weighted by molar-refractivity contribution is 0.880. The average molecular weight is 184 g/mol. The summed E-state index contributed by atoms with van der Waals surface area (Å²) in [5.74, 6) is 0.267. The quantitative estimate of drug-likeness (QED) is 0.495. The van der Waals surface area contributed by atoms with E-state index in [1.54, 1.807) is 0 Å². The van der Waals surface area contributed by atoms with Gasteiger partial charge in [0, 0.05) is 6.04 Å². The van der Waals surface area contributed by atoms with E-state index in [2.05, 4.69) is 10.3 Å². The lowest BCUT2D eigenvalue weighted by Gasteiger charge is -2.10. The molecule has 1 aromatic heterocycles. The van der Waals surface area contributed by atoms with Crippen molar-refractivity contribution >= 4 is 11.5 Å². The first kappa shape index (κ1) is 9.37. The second kappa shape index (κ2) is 3.34. The van der Waals surface area contributed by atoms with Crippen LogP contribution >= 0.6 is 0 Å². The third-order valence-corrected chi connectivity index (χ3v) is 1.41. The van der Waals surface area contributed by atoms with Gasteiger partial charge in [0.1, 0.15) is 11.5 Å². The van der Waals surface area contributed by atoms with Crippen LogP contribution in [0.3, 0.4) is 0 Å². The Morgan fingerprint density at radius 1 is 1.31 bits per heavy atom. The molecule has 6 heteroatoms. The van der Waals surface area contributed by atoms with E-state index in [9.17, 15) is 9.59 Å². The fraction of sp³-hybridized carbons (Fsp3) is 0.429. The van der Waals surface area contributed by atoms with Gasteiger partial charge in [0.15, 0.2) is 0 Å². The molecule has 1 heterocycles. The van der Waals surface area contributed by atoms with Gasteiger partial charge < -0.3 is 11.1 Å². The summed E-state index contributed by atoms with van der Waals surface area (Å²) >= 11 is 0. The summed E-state index contributed by atoms with van der Waals surface area (Å²) in [6, 6.07) is 0.0970. The highest BCUT2D eigenvalue weighted by atomic mass is 16.2. The highest BCUT2D eigenvalue weighted by Gasteiger charge is 2.05. The standard InChI is InChI=1S/C7H12N4O2/c1-3(2)9-5-4(8)6(12)11-7(13)10-5/h3H,8H2,1-2H3,(H3,9,10,11,12,13). The molecule has 0 aromatic carbocycles. The molecule has 0 aliphatic carbocycles. The molecule has 0 spiro atoms. The minimum atomic E-state index is -0.577. The van der Waals surface area contributed by atoms with Crippen LogP contribution in [-0.4, -0.2) is 16.0 Å². The number of rotatable bonds is 2. The Hall–Kier alpha value is -1.72. The van der Waals surface area contributed by atoms with Crippen molar-refractivity contribution in [3.8, 4) is 0 Å². The van der Waals surface area contributed by atoms with Crippen molar-refractivity contribution < 1.29 is 0 Å². The number of nitrogen functional groups attached to an aromatic ring is 1. The Labute approximate surface area is 74.2 Å². The second-order valence-electron chi connectivity index (χ2n) is 3.00. The molecule has 13 heavy (non-hydrogen) atoms. The topological polar surface area (TPSA) is 104 Å². The molecule has 6 nitrogen and oxygen atoms in total. The van der Waals surface area contributed by atoms with Crippen molar-refractivity contribution in [2.24, 2.45) is 0 Å². The summed E-state index contributed by atoms with van der Waals surface area (Å²) in [5, 5.41) is 2.85. The molecule has 72 valence electrons. The van der Waals surface area contributed by atoms with Gasteiger partial charge in [0.05, 0.1) is 0 Å². The number of anilines is 2. The van der Waals surface area contributed by atoms with Crippen molar-refractivity contribution in [1.82, 2.24) is 9.97 Å². The lowest BCUT2D eigenvalue weighted by atomic mass is 10.4. The smallest absolute Gasteiger partial charge is 0.327 e. The first-order chi connectivity index (χ1) is 6.00. The summed E-state index contributed by atoms with van der Waals surface area (Å²) in [7, 11) is 0. The monoisotopic (exact) mass is 184 g/mol. The Balaban J connectivity index is 3.21. The van der Waals surface area contributed by atoms with Crippen LogP contribution in [0.1, 0.15) is 13.8 Å². The zero-order valence-electron chi connectivity index (χ0n) is 7.47. The normalized spacial score (nSPS) is 10.4. The SMILES string of the molecule is CC(C)Nc1[nH]c(=O)[nH]c(=O)c1N. The maximum absolute atomic E-state index is 11.0. The van der Waals surface area contributed by atoms with Gasteiger partial charge in [-0.05, 0) is 13.8 Å². The van der Waals surface area contributed by atoms with Crippen molar-refractivity contribution in [1.29, 1.82) is 0 Å². The molecule has 0 amide bonds.